The van der Waals surface area contributed by atoms with Crippen molar-refractivity contribution in [2.75, 3.05) is 13.2 Å². The third kappa shape index (κ3) is 1.23. The van der Waals surface area contributed by atoms with Gasteiger partial charge in [-0.05, 0) is 20.3 Å². The number of carbonyl (C=O) groups excluding carboxylic acids is 1. The minimum absolute atomic E-state index is 0.138. The number of nitrogens with zero attached hydrogens (tertiary/aromatic N) is 1. The van der Waals surface area contributed by atoms with Gasteiger partial charge in [-0.2, -0.15) is 0 Å². The molecule has 1 aliphatic heterocycles. The molecule has 0 aromatic heterocycles. The lowest BCUT2D eigenvalue weighted by Gasteiger charge is -2.37. The standard InChI is InChI=1S/C7H12NO2/c1-3-10-7(9)8-5-4-6(8)2/h6H,2-5H2,1H3. The van der Waals surface area contributed by atoms with Gasteiger partial charge in [0.2, 0.25) is 0 Å². The van der Waals surface area contributed by atoms with Crippen LogP contribution in [0.25, 0.3) is 0 Å². The highest BCUT2D eigenvalue weighted by molar-refractivity contribution is 5.69. The summed E-state index contributed by atoms with van der Waals surface area (Å²) in [7, 11) is 0. The van der Waals surface area contributed by atoms with Crippen molar-refractivity contribution in [1.29, 1.82) is 0 Å². The molecule has 1 rings (SSSR count). The summed E-state index contributed by atoms with van der Waals surface area (Å²) in [6.45, 7) is 6.80. The molecule has 0 aromatic carbocycles. The minimum Gasteiger partial charge on any atom is -0.450 e. The number of carbonyl (C=O) groups is 1. The highest BCUT2D eigenvalue weighted by Gasteiger charge is 2.28. The monoisotopic (exact) mass is 142 g/mol. The maximum Gasteiger partial charge on any atom is 0.409 e. The summed E-state index contributed by atoms with van der Waals surface area (Å²) in [5.74, 6) is 0. The van der Waals surface area contributed by atoms with Crippen molar-refractivity contribution in [3.8, 4) is 0 Å². The molecular weight excluding hydrogens is 130 g/mol. The van der Waals surface area contributed by atoms with Crippen molar-refractivity contribution >= 4 is 6.09 Å². The van der Waals surface area contributed by atoms with E-state index in [1.165, 1.54) is 0 Å². The molecule has 0 aromatic rings. The first-order valence-electron chi connectivity index (χ1n) is 3.52. The fraction of sp³-hybridized carbons (Fsp3) is 0.714. The Morgan fingerprint density at radius 1 is 1.90 bits per heavy atom. The van der Waals surface area contributed by atoms with Gasteiger partial charge < -0.3 is 9.64 Å². The normalized spacial score (nSPS) is 23.8. The summed E-state index contributed by atoms with van der Waals surface area (Å²) in [5, 5.41) is 0. The van der Waals surface area contributed by atoms with Gasteiger partial charge in [-0.25, -0.2) is 4.79 Å². The predicted molar refractivity (Wildman–Crippen MR) is 37.5 cm³/mol. The van der Waals surface area contributed by atoms with Crippen LogP contribution in [0.15, 0.2) is 0 Å². The predicted octanol–water partition coefficient (Wildman–Crippen LogP) is 1.05. The number of amides is 1. The summed E-state index contributed by atoms with van der Waals surface area (Å²) in [4.78, 5) is 12.5. The van der Waals surface area contributed by atoms with E-state index in [9.17, 15) is 4.79 Å². The molecule has 0 N–H and O–H groups in total. The van der Waals surface area contributed by atoms with E-state index in [2.05, 4.69) is 6.92 Å². The van der Waals surface area contributed by atoms with E-state index in [-0.39, 0.29) is 12.1 Å². The molecule has 3 heteroatoms. The largest absolute Gasteiger partial charge is 0.450 e. The maximum absolute atomic E-state index is 10.9. The van der Waals surface area contributed by atoms with Gasteiger partial charge in [-0.1, -0.05) is 0 Å². The molecule has 0 aliphatic carbocycles. The Labute approximate surface area is 61.0 Å². The second-order valence-electron chi connectivity index (χ2n) is 2.33. The van der Waals surface area contributed by atoms with Crippen LogP contribution in [0.2, 0.25) is 0 Å². The first kappa shape index (κ1) is 7.38. The fourth-order valence-electron chi connectivity index (χ4n) is 0.888. The van der Waals surface area contributed by atoms with E-state index in [0.717, 1.165) is 13.0 Å². The Hall–Kier alpha value is -0.730. The summed E-state index contributed by atoms with van der Waals surface area (Å²) in [5.41, 5.74) is 0. The zero-order chi connectivity index (χ0) is 7.56. The Morgan fingerprint density at radius 2 is 2.60 bits per heavy atom. The van der Waals surface area contributed by atoms with E-state index in [0.29, 0.717) is 6.61 Å². The van der Waals surface area contributed by atoms with Gasteiger partial charge in [-0.15, -0.1) is 0 Å². The van der Waals surface area contributed by atoms with Gasteiger partial charge in [0.05, 0.1) is 6.61 Å². The lowest BCUT2D eigenvalue weighted by atomic mass is 10.1. The quantitative estimate of drug-likeness (QED) is 0.547. The molecule has 1 radical (unpaired) electrons. The van der Waals surface area contributed by atoms with E-state index in [1.807, 2.05) is 0 Å². The SMILES string of the molecule is [CH2]C1CCN1C(=O)OCC. The second kappa shape index (κ2) is 2.90. The zero-order valence-corrected chi connectivity index (χ0v) is 6.17. The van der Waals surface area contributed by atoms with Gasteiger partial charge in [0, 0.05) is 12.6 Å². The Kier molecular flexibility index (Phi) is 2.14. The van der Waals surface area contributed by atoms with E-state index >= 15 is 0 Å². The average Bonchev–Trinajstić information content (AvgIpc) is 1.85. The molecule has 0 bridgehead atoms. The molecular formula is C7H12NO2. The van der Waals surface area contributed by atoms with Gasteiger partial charge in [0.25, 0.3) is 0 Å². The smallest absolute Gasteiger partial charge is 0.409 e. The lowest BCUT2D eigenvalue weighted by Crippen LogP contribution is -2.49. The van der Waals surface area contributed by atoms with Crippen molar-refractivity contribution in [2.24, 2.45) is 0 Å². The molecule has 0 saturated carbocycles. The van der Waals surface area contributed by atoms with E-state index in [1.54, 1.807) is 11.8 Å². The van der Waals surface area contributed by atoms with Crippen LogP contribution >= 0.6 is 0 Å². The first-order valence-corrected chi connectivity index (χ1v) is 3.52. The second-order valence-corrected chi connectivity index (χ2v) is 2.33. The summed E-state index contributed by atoms with van der Waals surface area (Å²) in [6, 6.07) is 0.138. The Morgan fingerprint density at radius 3 is 2.90 bits per heavy atom. The molecule has 1 saturated heterocycles. The number of ether oxygens (including phenoxy) is 1. The molecule has 57 valence electrons. The third-order valence-electron chi connectivity index (χ3n) is 1.65. The molecule has 1 atom stereocenters. The van der Waals surface area contributed by atoms with Crippen molar-refractivity contribution in [2.45, 2.75) is 19.4 Å². The van der Waals surface area contributed by atoms with E-state index < -0.39 is 0 Å². The molecule has 1 amide bonds. The van der Waals surface area contributed by atoms with Gasteiger partial charge in [-0.3, -0.25) is 0 Å². The summed E-state index contributed by atoms with van der Waals surface area (Å²) >= 11 is 0. The van der Waals surface area contributed by atoms with Crippen LogP contribution in [-0.4, -0.2) is 30.2 Å². The van der Waals surface area contributed by atoms with Crippen LogP contribution in [0.1, 0.15) is 13.3 Å². The van der Waals surface area contributed by atoms with Gasteiger partial charge in [0.15, 0.2) is 0 Å². The van der Waals surface area contributed by atoms with Crippen LogP contribution in [0.4, 0.5) is 4.79 Å². The van der Waals surface area contributed by atoms with Crippen molar-refractivity contribution in [1.82, 2.24) is 4.90 Å². The molecule has 1 fully saturated rings. The zero-order valence-electron chi connectivity index (χ0n) is 6.17. The summed E-state index contributed by atoms with van der Waals surface area (Å²) < 4.78 is 4.76. The van der Waals surface area contributed by atoms with Gasteiger partial charge >= 0.3 is 6.09 Å². The average molecular weight is 142 g/mol. The Balaban J connectivity index is 2.27. The number of rotatable bonds is 1. The highest BCUT2D eigenvalue weighted by Crippen LogP contribution is 2.16. The maximum atomic E-state index is 10.9. The van der Waals surface area contributed by atoms with Crippen LogP contribution in [0, 0.1) is 6.92 Å². The van der Waals surface area contributed by atoms with Crippen LogP contribution in [0.5, 0.6) is 0 Å². The summed E-state index contributed by atoms with van der Waals surface area (Å²) in [6.07, 6.45) is 0.771. The molecule has 0 spiro atoms. The van der Waals surface area contributed by atoms with Crippen LogP contribution < -0.4 is 0 Å². The number of hydrogen-bond acceptors (Lipinski definition) is 2. The topological polar surface area (TPSA) is 29.5 Å². The minimum atomic E-state index is -0.228. The molecule has 1 unspecified atom stereocenters. The van der Waals surface area contributed by atoms with Gasteiger partial charge in [0.1, 0.15) is 0 Å². The Bertz CT molecular complexity index is 136. The molecule has 1 heterocycles. The first-order chi connectivity index (χ1) is 4.75. The third-order valence-corrected chi connectivity index (χ3v) is 1.65. The highest BCUT2D eigenvalue weighted by atomic mass is 16.6. The van der Waals surface area contributed by atoms with Crippen molar-refractivity contribution in [3.05, 3.63) is 6.92 Å². The molecule has 3 nitrogen and oxygen atoms in total. The fourth-order valence-corrected chi connectivity index (χ4v) is 0.888. The van der Waals surface area contributed by atoms with Crippen molar-refractivity contribution < 1.29 is 9.53 Å². The van der Waals surface area contributed by atoms with Crippen LogP contribution in [0.3, 0.4) is 0 Å². The number of likely N-dealkylation sites (tertiary alicyclic amines) is 1. The number of hydrogen-bond donors (Lipinski definition) is 0. The van der Waals surface area contributed by atoms with Crippen molar-refractivity contribution in [3.63, 3.8) is 0 Å². The molecule has 10 heavy (non-hydrogen) atoms. The lowest BCUT2D eigenvalue weighted by molar-refractivity contribution is 0.0651. The van der Waals surface area contributed by atoms with E-state index in [4.69, 9.17) is 4.74 Å². The van der Waals surface area contributed by atoms with Crippen LogP contribution in [-0.2, 0) is 4.74 Å². The molecule has 1 aliphatic rings.